The summed E-state index contributed by atoms with van der Waals surface area (Å²) >= 11 is 5.77. The van der Waals surface area contributed by atoms with E-state index in [1.54, 1.807) is 0 Å². The molecule has 19 aromatic carbocycles. The summed E-state index contributed by atoms with van der Waals surface area (Å²) in [7, 11) is 0. The van der Waals surface area contributed by atoms with Crippen molar-refractivity contribution in [2.45, 2.75) is 116 Å². The van der Waals surface area contributed by atoms with E-state index in [-0.39, 0.29) is 32.5 Å². The molecule has 24 aromatic rings. The first-order valence-electron chi connectivity index (χ1n) is 48.1. The molecule has 0 atom stereocenters. The maximum atomic E-state index is 5.15. The maximum absolute atomic E-state index is 5.15. The third-order valence-corrected chi connectivity index (χ3v) is 36.0. The fourth-order valence-corrected chi connectivity index (χ4v) is 26.8. The highest BCUT2D eigenvalue weighted by Crippen LogP contribution is 2.63. The summed E-state index contributed by atoms with van der Waals surface area (Å²) in [5.41, 5.74) is 32.3. The molecule has 0 unspecified atom stereocenters. The van der Waals surface area contributed by atoms with Gasteiger partial charge in [0.05, 0.1) is 22.2 Å². The zero-order chi connectivity index (χ0) is 92.9. The molecular formula is C130H102N4S3. The predicted octanol–water partition coefficient (Wildman–Crippen LogP) is 37.4. The average molecular weight is 1820 g/mol. The topological polar surface area (TPSA) is 34.0 Å². The number of thiophene rings is 3. The second kappa shape index (κ2) is 31.4. The monoisotopic (exact) mass is 1810 g/mol. The van der Waals surface area contributed by atoms with Crippen LogP contribution in [0.3, 0.4) is 0 Å². The number of anilines is 3. The van der Waals surface area contributed by atoms with Crippen LogP contribution in [0.5, 0.6) is 0 Å². The summed E-state index contributed by atoms with van der Waals surface area (Å²) < 4.78 is 10.7. The van der Waals surface area contributed by atoms with Crippen molar-refractivity contribution >= 4 is 166 Å². The van der Waals surface area contributed by atoms with E-state index in [4.69, 9.17) is 9.97 Å². The number of aromatic nitrogens is 3. The number of hydrogen-bond donors (Lipinski definition) is 0. The van der Waals surface area contributed by atoms with Gasteiger partial charge in [0.25, 0.3) is 0 Å². The van der Waals surface area contributed by atoms with Gasteiger partial charge in [-0.3, -0.25) is 0 Å². The molecule has 5 aromatic heterocycles. The number of benzene rings is 19. The number of nitrogens with zero attached hydrogens (tertiary/aromatic N) is 4. The normalized spacial score (nSPS) is 14.9. The van der Waals surface area contributed by atoms with Gasteiger partial charge in [-0.05, 0) is 236 Å². The van der Waals surface area contributed by atoms with Gasteiger partial charge in [-0.2, -0.15) is 0 Å². The van der Waals surface area contributed by atoms with Crippen LogP contribution in [-0.4, -0.2) is 14.5 Å². The van der Waals surface area contributed by atoms with Gasteiger partial charge in [0.1, 0.15) is 0 Å². The number of para-hydroxylation sites is 2. The summed E-state index contributed by atoms with van der Waals surface area (Å²) in [6.07, 6.45) is 0. The Labute approximate surface area is 812 Å². The quantitative estimate of drug-likeness (QED) is 0.152. The minimum atomic E-state index is -0.140. The van der Waals surface area contributed by atoms with Crippen LogP contribution in [0.1, 0.15) is 116 Å². The van der Waals surface area contributed by atoms with E-state index in [9.17, 15) is 0 Å². The van der Waals surface area contributed by atoms with E-state index in [1.165, 1.54) is 199 Å². The van der Waals surface area contributed by atoms with Crippen molar-refractivity contribution in [3.8, 4) is 84.0 Å². The van der Waals surface area contributed by atoms with Crippen LogP contribution in [0.2, 0.25) is 0 Å². The fourth-order valence-electron chi connectivity index (χ4n) is 23.3. The SMILES string of the molecule is CC1(C)c2cc(-c3ccc4c(-c5ccccc5)nc(-c5ccccc5)nc4c3)ccc2-c2ccc3sc4ccc5ccccc5c4c3c2C1(C)C.CC1(C)c2cc(-n3c4ccccc4c4ccccc43)ccc2-c2ccc3sc4ccccc4c3c2C1(C)C.CC1(C)c2cc(N(c3ccc(-c4ccccc4)cc3)c3ccc4ccccc4c3)ccc2-c2c(ccc3c2sc2ccccc23)C1(C)C. The smallest absolute Gasteiger partial charge is 0.160 e. The molecule has 0 fully saturated rings. The second-order valence-electron chi connectivity index (χ2n) is 41.0. The van der Waals surface area contributed by atoms with Crippen LogP contribution in [0, 0.1) is 0 Å². The molecule has 0 spiro atoms. The minimum Gasteiger partial charge on any atom is -0.310 e. The van der Waals surface area contributed by atoms with E-state index in [0.29, 0.717) is 0 Å². The van der Waals surface area contributed by atoms with Gasteiger partial charge in [-0.25, -0.2) is 9.97 Å². The van der Waals surface area contributed by atoms with Crippen LogP contribution >= 0.6 is 34.0 Å². The first-order chi connectivity index (χ1) is 66.5. The van der Waals surface area contributed by atoms with Crippen LogP contribution in [0.15, 0.2) is 400 Å². The molecule has 137 heavy (non-hydrogen) atoms. The van der Waals surface area contributed by atoms with E-state index in [2.05, 4.69) is 469 Å². The van der Waals surface area contributed by atoms with E-state index < -0.39 is 0 Å². The van der Waals surface area contributed by atoms with Crippen molar-refractivity contribution < 1.29 is 0 Å². The van der Waals surface area contributed by atoms with Crippen LogP contribution < -0.4 is 4.90 Å². The molecule has 0 saturated heterocycles. The highest BCUT2D eigenvalue weighted by molar-refractivity contribution is 7.27. The van der Waals surface area contributed by atoms with Gasteiger partial charge in [0.15, 0.2) is 5.82 Å². The van der Waals surface area contributed by atoms with Crippen molar-refractivity contribution in [3.05, 3.63) is 434 Å². The van der Waals surface area contributed by atoms with Crippen molar-refractivity contribution in [2.75, 3.05) is 4.90 Å². The summed E-state index contributed by atoms with van der Waals surface area (Å²) in [6.45, 7) is 29.3. The Balaban J connectivity index is 0.000000110. The van der Waals surface area contributed by atoms with Crippen molar-refractivity contribution in [2.24, 2.45) is 0 Å². The lowest BCUT2D eigenvalue weighted by molar-refractivity contribution is 0.299. The summed E-state index contributed by atoms with van der Waals surface area (Å²) in [5, 5.41) is 17.1. The summed E-state index contributed by atoms with van der Waals surface area (Å²) in [5.74, 6) is 0.740. The molecule has 0 N–H and O–H groups in total. The third-order valence-electron chi connectivity index (χ3n) is 32.6. The van der Waals surface area contributed by atoms with Crippen LogP contribution in [0.25, 0.3) is 199 Å². The first kappa shape index (κ1) is 84.1. The van der Waals surface area contributed by atoms with Crippen LogP contribution in [0.4, 0.5) is 17.1 Å². The van der Waals surface area contributed by atoms with Gasteiger partial charge >= 0.3 is 0 Å². The molecule has 0 amide bonds. The van der Waals surface area contributed by atoms with Gasteiger partial charge in [-0.1, -0.05) is 374 Å². The molecule has 27 rings (SSSR count). The Morgan fingerprint density at radius 1 is 0.241 bits per heavy atom. The molecule has 5 heterocycles. The first-order valence-corrected chi connectivity index (χ1v) is 50.5. The Hall–Kier alpha value is -14.7. The molecular weight excluding hydrogens is 1710 g/mol. The molecule has 3 aliphatic rings. The zero-order valence-corrected chi connectivity index (χ0v) is 81.6. The highest BCUT2D eigenvalue weighted by atomic mass is 32.1. The lowest BCUT2D eigenvalue weighted by Crippen LogP contribution is -2.43. The summed E-state index contributed by atoms with van der Waals surface area (Å²) in [6, 6.07) is 147. The third kappa shape index (κ3) is 12.9. The standard InChI is InChI=1S/C48H36N2S.C46H37NS.C36H29NS/c1-47(2)38-27-32(33-20-23-37-39(28-33)49-46(31-16-9-6-10-17-31)50-45(37)30-14-7-5-8-15-30)19-22-35(38)36-24-26-41-43(44(36)48(47,3)4)42-34-18-12-11-13-29(34)21-25-40(42)51-41;1-45(2)40-27-26-38-37-16-10-11-17-42(37)48-44(38)43(40)39-25-24-36(29-41(39)46(45,3)4)47(35-23-20-31-14-8-9-15-33(31)28-35)34-21-18-32(19-22-34)30-12-6-5-7-13-30;1-35(2)28-21-22(37-29-14-8-5-11-24(29)25-12-6-9-15-30(25)37)17-18-23(28)26-19-20-32-33(34(26)36(35,3)4)27-13-7-10-16-31(27)38-32/h5-28H,1-4H3;5-29H,1-4H3;5-21H,1-4H3. The molecule has 0 radical (unpaired) electrons. The number of hydrogen-bond acceptors (Lipinski definition) is 6. The average Bonchev–Trinajstić information content (AvgIpc) is 1.57. The Morgan fingerprint density at radius 2 is 0.686 bits per heavy atom. The lowest BCUT2D eigenvalue weighted by atomic mass is 9.54. The minimum absolute atomic E-state index is 0.0574. The lowest BCUT2D eigenvalue weighted by Gasteiger charge is -2.49. The zero-order valence-electron chi connectivity index (χ0n) is 79.1. The predicted molar refractivity (Wildman–Crippen MR) is 591 cm³/mol. The van der Waals surface area contributed by atoms with E-state index in [0.717, 1.165) is 50.5 Å². The fraction of sp³-hybridized carbons (Fsp3) is 0.138. The second-order valence-corrected chi connectivity index (χ2v) is 44.2. The van der Waals surface area contributed by atoms with E-state index in [1.807, 2.05) is 58.3 Å². The Kier molecular flexibility index (Phi) is 19.3. The largest absolute Gasteiger partial charge is 0.310 e. The van der Waals surface area contributed by atoms with Gasteiger partial charge in [-0.15, -0.1) is 34.0 Å². The van der Waals surface area contributed by atoms with Gasteiger partial charge in [0.2, 0.25) is 0 Å². The Bertz CT molecular complexity index is 9030. The molecule has 660 valence electrons. The molecule has 0 aliphatic heterocycles. The molecule has 3 aliphatic carbocycles. The molecule has 0 bridgehead atoms. The van der Waals surface area contributed by atoms with E-state index >= 15 is 0 Å². The van der Waals surface area contributed by atoms with Crippen molar-refractivity contribution in [1.29, 1.82) is 0 Å². The molecule has 7 heteroatoms. The number of fused-ring (bicyclic) bond motifs is 28. The van der Waals surface area contributed by atoms with Crippen LogP contribution in [-0.2, 0) is 32.5 Å². The highest BCUT2D eigenvalue weighted by Gasteiger charge is 2.51. The number of rotatable bonds is 8. The van der Waals surface area contributed by atoms with Crippen molar-refractivity contribution in [1.82, 2.24) is 14.5 Å². The van der Waals surface area contributed by atoms with Crippen molar-refractivity contribution in [3.63, 3.8) is 0 Å². The molecule has 0 saturated carbocycles. The van der Waals surface area contributed by atoms with Gasteiger partial charge in [0, 0.05) is 127 Å². The molecule has 4 nitrogen and oxygen atoms in total. The maximum Gasteiger partial charge on any atom is 0.160 e. The Morgan fingerprint density at radius 3 is 1.37 bits per heavy atom. The summed E-state index contributed by atoms with van der Waals surface area (Å²) in [4.78, 5) is 12.7. The van der Waals surface area contributed by atoms with Gasteiger partial charge < -0.3 is 9.47 Å².